The Morgan fingerprint density at radius 1 is 1.62 bits per heavy atom. The zero-order chi connectivity index (χ0) is 9.84. The first-order valence-corrected chi connectivity index (χ1v) is 4.15. The standard InChI is InChI=1S/C7H10ClN3O2/c1-2-4(3-12)5(8)6-7(9)11-13-10-6/h12H,2-3H2,1H3,(H2,9,11)/b5-4-. The highest BCUT2D eigenvalue weighted by atomic mass is 35.5. The minimum Gasteiger partial charge on any atom is -0.392 e. The molecule has 13 heavy (non-hydrogen) atoms. The summed E-state index contributed by atoms with van der Waals surface area (Å²) in [6.07, 6.45) is 0.627. The Balaban J connectivity index is 3.08. The molecule has 0 atom stereocenters. The van der Waals surface area contributed by atoms with Crippen molar-refractivity contribution < 1.29 is 9.74 Å². The van der Waals surface area contributed by atoms with Crippen LogP contribution < -0.4 is 5.73 Å². The van der Waals surface area contributed by atoms with E-state index < -0.39 is 0 Å². The Morgan fingerprint density at radius 3 is 2.69 bits per heavy atom. The molecule has 1 rings (SSSR count). The van der Waals surface area contributed by atoms with Gasteiger partial charge in [0, 0.05) is 0 Å². The fourth-order valence-electron chi connectivity index (χ4n) is 0.852. The van der Waals surface area contributed by atoms with Crippen LogP contribution in [0.25, 0.3) is 5.03 Å². The Hall–Kier alpha value is -1.07. The largest absolute Gasteiger partial charge is 0.392 e. The van der Waals surface area contributed by atoms with Crippen molar-refractivity contribution in [1.29, 1.82) is 0 Å². The van der Waals surface area contributed by atoms with Crippen LogP contribution in [-0.4, -0.2) is 22.0 Å². The van der Waals surface area contributed by atoms with Gasteiger partial charge in [0.15, 0.2) is 11.5 Å². The maximum atomic E-state index is 8.92. The van der Waals surface area contributed by atoms with Crippen LogP contribution in [0.2, 0.25) is 0 Å². The van der Waals surface area contributed by atoms with Gasteiger partial charge in [0.2, 0.25) is 0 Å². The van der Waals surface area contributed by atoms with E-state index in [4.69, 9.17) is 22.4 Å². The molecule has 1 heterocycles. The van der Waals surface area contributed by atoms with Crippen molar-refractivity contribution in [2.45, 2.75) is 13.3 Å². The number of halogens is 1. The monoisotopic (exact) mass is 203 g/mol. The van der Waals surface area contributed by atoms with Gasteiger partial charge in [-0.3, -0.25) is 0 Å². The van der Waals surface area contributed by atoms with E-state index in [2.05, 4.69) is 14.9 Å². The van der Waals surface area contributed by atoms with E-state index >= 15 is 0 Å². The minimum absolute atomic E-state index is 0.123. The van der Waals surface area contributed by atoms with Gasteiger partial charge < -0.3 is 10.8 Å². The fourth-order valence-corrected chi connectivity index (χ4v) is 1.18. The molecule has 5 nitrogen and oxygen atoms in total. The molecule has 3 N–H and O–H groups in total. The van der Waals surface area contributed by atoms with Crippen LogP contribution in [0.4, 0.5) is 5.82 Å². The molecule has 6 heteroatoms. The predicted octanol–water partition coefficient (Wildman–Crippen LogP) is 1.00. The quantitative estimate of drug-likeness (QED) is 0.766. The molecule has 0 bridgehead atoms. The van der Waals surface area contributed by atoms with Gasteiger partial charge >= 0.3 is 0 Å². The molecule has 0 spiro atoms. The number of aliphatic hydroxyl groups excluding tert-OH is 1. The van der Waals surface area contributed by atoms with Crippen LogP contribution in [-0.2, 0) is 0 Å². The van der Waals surface area contributed by atoms with Gasteiger partial charge in [-0.05, 0) is 22.3 Å². The van der Waals surface area contributed by atoms with Crippen molar-refractivity contribution in [2.75, 3.05) is 12.3 Å². The lowest BCUT2D eigenvalue weighted by molar-refractivity contribution is 0.307. The van der Waals surface area contributed by atoms with Crippen molar-refractivity contribution in [3.63, 3.8) is 0 Å². The van der Waals surface area contributed by atoms with Crippen LogP contribution in [0, 0.1) is 0 Å². The third kappa shape index (κ3) is 1.99. The lowest BCUT2D eigenvalue weighted by Gasteiger charge is -2.01. The van der Waals surface area contributed by atoms with Gasteiger partial charge in [-0.2, -0.15) is 0 Å². The summed E-state index contributed by atoms with van der Waals surface area (Å²) in [4.78, 5) is 0. The number of hydrogen-bond acceptors (Lipinski definition) is 5. The molecule has 0 amide bonds. The van der Waals surface area contributed by atoms with Gasteiger partial charge in [0.25, 0.3) is 0 Å². The van der Waals surface area contributed by atoms with Gasteiger partial charge in [-0.1, -0.05) is 18.5 Å². The first-order valence-electron chi connectivity index (χ1n) is 3.77. The van der Waals surface area contributed by atoms with Crippen molar-refractivity contribution >= 4 is 22.5 Å². The van der Waals surface area contributed by atoms with E-state index in [9.17, 15) is 0 Å². The number of anilines is 1. The second-order valence-corrected chi connectivity index (χ2v) is 2.81. The topological polar surface area (TPSA) is 85.2 Å². The number of aliphatic hydroxyl groups is 1. The van der Waals surface area contributed by atoms with E-state index in [1.165, 1.54) is 0 Å². The summed E-state index contributed by atoms with van der Waals surface area (Å²) in [7, 11) is 0. The predicted molar refractivity (Wildman–Crippen MR) is 48.9 cm³/mol. The van der Waals surface area contributed by atoms with Gasteiger partial charge in [0.05, 0.1) is 11.6 Å². The summed E-state index contributed by atoms with van der Waals surface area (Å²) in [5.41, 5.74) is 6.36. The number of rotatable bonds is 3. The lowest BCUT2D eigenvalue weighted by atomic mass is 10.2. The molecular weight excluding hydrogens is 194 g/mol. The highest BCUT2D eigenvalue weighted by Crippen LogP contribution is 2.26. The molecule has 1 aromatic heterocycles. The first-order chi connectivity index (χ1) is 6.20. The molecule has 1 aromatic rings. The Morgan fingerprint density at radius 2 is 2.31 bits per heavy atom. The Labute approximate surface area is 80.1 Å². The van der Waals surface area contributed by atoms with Crippen molar-refractivity contribution in [2.24, 2.45) is 0 Å². The SMILES string of the molecule is CC/C(CO)=C(/Cl)c1nonc1N. The first kappa shape index (κ1) is 10.0. The van der Waals surface area contributed by atoms with Crippen LogP contribution in [0.3, 0.4) is 0 Å². The molecule has 72 valence electrons. The minimum atomic E-state index is -0.123. The molecule has 0 fully saturated rings. The highest BCUT2D eigenvalue weighted by molar-refractivity contribution is 6.49. The maximum Gasteiger partial charge on any atom is 0.197 e. The molecular formula is C7H10ClN3O2. The van der Waals surface area contributed by atoms with Crippen molar-refractivity contribution in [1.82, 2.24) is 10.3 Å². The molecule has 0 aromatic carbocycles. The second kappa shape index (κ2) is 4.25. The lowest BCUT2D eigenvalue weighted by Crippen LogP contribution is -1.95. The molecule has 0 saturated heterocycles. The second-order valence-electron chi connectivity index (χ2n) is 2.43. The average Bonchev–Trinajstić information content (AvgIpc) is 2.53. The smallest absolute Gasteiger partial charge is 0.197 e. The van der Waals surface area contributed by atoms with Gasteiger partial charge in [0.1, 0.15) is 0 Å². The van der Waals surface area contributed by atoms with E-state index in [-0.39, 0.29) is 18.1 Å². The van der Waals surface area contributed by atoms with E-state index in [1.807, 2.05) is 6.92 Å². The van der Waals surface area contributed by atoms with E-state index in [0.29, 0.717) is 17.0 Å². The number of hydrogen-bond donors (Lipinski definition) is 2. The van der Waals surface area contributed by atoms with Gasteiger partial charge in [-0.15, -0.1) is 0 Å². The molecule has 0 aliphatic heterocycles. The number of nitrogens with two attached hydrogens (primary N) is 1. The molecule has 0 aliphatic carbocycles. The number of nitrogen functional groups attached to an aromatic ring is 1. The third-order valence-electron chi connectivity index (χ3n) is 1.65. The third-order valence-corrected chi connectivity index (χ3v) is 2.10. The summed E-state index contributed by atoms with van der Waals surface area (Å²) < 4.78 is 4.38. The van der Waals surface area contributed by atoms with Gasteiger partial charge in [-0.25, -0.2) is 4.63 Å². The molecule has 0 saturated carbocycles. The fraction of sp³-hybridized carbons (Fsp3) is 0.429. The number of aromatic nitrogens is 2. The van der Waals surface area contributed by atoms with Crippen molar-refractivity contribution in [3.8, 4) is 0 Å². The maximum absolute atomic E-state index is 8.92. The summed E-state index contributed by atoms with van der Waals surface area (Å²) in [5, 5.41) is 16.1. The highest BCUT2D eigenvalue weighted by Gasteiger charge is 2.13. The van der Waals surface area contributed by atoms with Crippen LogP contribution in [0.5, 0.6) is 0 Å². The summed E-state index contributed by atoms with van der Waals surface area (Å²) in [6.45, 7) is 1.75. The zero-order valence-corrected chi connectivity index (χ0v) is 7.88. The summed E-state index contributed by atoms with van der Waals surface area (Å²) in [6, 6.07) is 0. The van der Waals surface area contributed by atoms with Crippen LogP contribution >= 0.6 is 11.6 Å². The Kier molecular flexibility index (Phi) is 3.27. The molecule has 0 aliphatic rings. The zero-order valence-electron chi connectivity index (χ0n) is 7.12. The molecule has 0 unspecified atom stereocenters. The Bertz CT molecular complexity index is 315. The van der Waals surface area contributed by atoms with Crippen LogP contribution in [0.15, 0.2) is 10.2 Å². The average molecular weight is 204 g/mol. The number of nitrogens with zero attached hydrogens (tertiary/aromatic N) is 2. The van der Waals surface area contributed by atoms with Crippen molar-refractivity contribution in [3.05, 3.63) is 11.3 Å². The van der Waals surface area contributed by atoms with Crippen LogP contribution in [0.1, 0.15) is 19.0 Å². The summed E-state index contributed by atoms with van der Waals surface area (Å²) >= 11 is 5.90. The normalized spacial score (nSPS) is 12.8. The summed E-state index contributed by atoms with van der Waals surface area (Å²) in [5.74, 6) is 0.129. The molecule has 0 radical (unpaired) electrons. The van der Waals surface area contributed by atoms with E-state index in [0.717, 1.165) is 0 Å². The van der Waals surface area contributed by atoms with E-state index in [1.54, 1.807) is 0 Å².